The predicted molar refractivity (Wildman–Crippen MR) is 116 cm³/mol. The van der Waals surface area contributed by atoms with E-state index in [2.05, 4.69) is 0 Å². The van der Waals surface area contributed by atoms with E-state index in [4.69, 9.17) is 11.6 Å². The summed E-state index contributed by atoms with van der Waals surface area (Å²) in [5.74, 6) is -0.0721. The van der Waals surface area contributed by atoms with Gasteiger partial charge in [-0.15, -0.1) is 0 Å². The summed E-state index contributed by atoms with van der Waals surface area (Å²) in [6.07, 6.45) is 0. The van der Waals surface area contributed by atoms with Crippen LogP contribution in [-0.4, -0.2) is 20.4 Å². The van der Waals surface area contributed by atoms with E-state index >= 15 is 0 Å². The Balaban J connectivity index is 2.35. The van der Waals surface area contributed by atoms with Gasteiger partial charge in [-0.2, -0.15) is 0 Å². The lowest BCUT2D eigenvalue weighted by atomic mass is 9.93. The molecule has 0 fully saturated rings. The molecule has 4 nitrogen and oxygen atoms in total. The van der Waals surface area contributed by atoms with Gasteiger partial charge in [0.15, 0.2) is 9.84 Å². The third kappa shape index (κ3) is 5.15. The van der Waals surface area contributed by atoms with Crippen LogP contribution in [0.4, 0.5) is 5.69 Å². The minimum atomic E-state index is -3.48. The lowest BCUT2D eigenvalue weighted by Gasteiger charge is -2.34. The molecular weight excluding hydrogens is 394 g/mol. The van der Waals surface area contributed by atoms with Crippen molar-refractivity contribution in [2.75, 3.05) is 4.90 Å². The number of nitrogens with zero attached hydrogens (tertiary/aromatic N) is 1. The molecule has 152 valence electrons. The lowest BCUT2D eigenvalue weighted by Crippen LogP contribution is -2.44. The first-order valence-electron chi connectivity index (χ1n) is 9.24. The summed E-state index contributed by atoms with van der Waals surface area (Å²) < 4.78 is 25.4. The van der Waals surface area contributed by atoms with Crippen LogP contribution in [0.15, 0.2) is 47.4 Å². The summed E-state index contributed by atoms with van der Waals surface area (Å²) in [5.41, 5.74) is 1.86. The molecule has 0 bridgehead atoms. The first-order valence-corrected chi connectivity index (χ1v) is 11.3. The molecule has 2 rings (SSSR count). The van der Waals surface area contributed by atoms with Crippen molar-refractivity contribution in [2.45, 2.75) is 58.2 Å². The molecule has 0 saturated carbocycles. The highest BCUT2D eigenvalue weighted by atomic mass is 35.5. The second-order valence-electron chi connectivity index (χ2n) is 8.35. The molecule has 2 aromatic carbocycles. The number of amides is 1. The molecule has 0 heterocycles. The summed E-state index contributed by atoms with van der Waals surface area (Å²) in [7, 11) is -3.48. The van der Waals surface area contributed by atoms with E-state index in [-0.39, 0.29) is 22.6 Å². The zero-order valence-electron chi connectivity index (χ0n) is 17.3. The van der Waals surface area contributed by atoms with Crippen LogP contribution >= 0.6 is 11.6 Å². The van der Waals surface area contributed by atoms with Crippen LogP contribution in [-0.2, 0) is 20.4 Å². The molecule has 0 aliphatic carbocycles. The van der Waals surface area contributed by atoms with Crippen LogP contribution in [0.3, 0.4) is 0 Å². The van der Waals surface area contributed by atoms with Crippen molar-refractivity contribution in [1.29, 1.82) is 0 Å². The van der Waals surface area contributed by atoms with Crippen LogP contribution in [0.2, 0.25) is 5.02 Å². The predicted octanol–water partition coefficient (Wildman–Crippen LogP) is 5.41. The van der Waals surface area contributed by atoms with Crippen LogP contribution in [0.25, 0.3) is 0 Å². The zero-order valence-corrected chi connectivity index (χ0v) is 18.9. The number of benzene rings is 2. The maximum Gasteiger partial charge on any atom is 0.232 e. The van der Waals surface area contributed by atoms with Gasteiger partial charge in [0, 0.05) is 22.2 Å². The molecule has 0 radical (unpaired) electrons. The number of rotatable bonds is 5. The van der Waals surface area contributed by atoms with E-state index in [0.717, 1.165) is 11.3 Å². The average Bonchev–Trinajstić information content (AvgIpc) is 2.56. The molecule has 0 aliphatic heterocycles. The molecule has 0 spiro atoms. The summed E-state index contributed by atoms with van der Waals surface area (Å²) in [6, 6.07) is 11.6. The van der Waals surface area contributed by atoms with Gasteiger partial charge in [0.25, 0.3) is 0 Å². The Hall–Kier alpha value is -1.85. The van der Waals surface area contributed by atoms with Crippen molar-refractivity contribution in [1.82, 2.24) is 0 Å². The van der Waals surface area contributed by atoms with Gasteiger partial charge in [-0.3, -0.25) is 4.79 Å². The number of aryl methyl sites for hydroxylation is 1. The Labute approximate surface area is 173 Å². The highest BCUT2D eigenvalue weighted by molar-refractivity contribution is 7.90. The van der Waals surface area contributed by atoms with E-state index in [1.54, 1.807) is 23.1 Å². The van der Waals surface area contributed by atoms with E-state index in [9.17, 15) is 13.2 Å². The van der Waals surface area contributed by atoms with Crippen molar-refractivity contribution in [2.24, 2.45) is 5.41 Å². The van der Waals surface area contributed by atoms with Gasteiger partial charge in [0.1, 0.15) is 0 Å². The average molecular weight is 422 g/mol. The van der Waals surface area contributed by atoms with Crippen molar-refractivity contribution in [3.05, 3.63) is 58.6 Å². The summed E-state index contributed by atoms with van der Waals surface area (Å²) >= 11 is 5.85. The lowest BCUT2D eigenvalue weighted by molar-refractivity contribution is -0.126. The Morgan fingerprint density at radius 1 is 1.07 bits per heavy atom. The molecule has 6 heteroatoms. The van der Waals surface area contributed by atoms with Crippen molar-refractivity contribution >= 4 is 33.0 Å². The third-order valence-corrected chi connectivity index (χ3v) is 6.38. The van der Waals surface area contributed by atoms with Crippen LogP contribution in [0, 0.1) is 12.3 Å². The second kappa shape index (κ2) is 8.26. The van der Waals surface area contributed by atoms with Gasteiger partial charge in [0.05, 0.1) is 10.6 Å². The molecule has 1 amide bonds. The number of halogens is 1. The number of hydrogen-bond acceptors (Lipinski definition) is 3. The summed E-state index contributed by atoms with van der Waals surface area (Å²) in [6.45, 7) is 11.5. The van der Waals surface area contributed by atoms with Crippen LogP contribution in [0.1, 0.15) is 45.7 Å². The molecule has 0 aromatic heterocycles. The van der Waals surface area contributed by atoms with E-state index < -0.39 is 15.3 Å². The Bertz CT molecular complexity index is 958. The molecule has 2 aromatic rings. The van der Waals surface area contributed by atoms with E-state index in [1.807, 2.05) is 53.7 Å². The number of carbonyl (C=O) groups excluding carboxylic acids is 1. The van der Waals surface area contributed by atoms with Crippen molar-refractivity contribution in [3.8, 4) is 0 Å². The zero-order chi connectivity index (χ0) is 21.3. The maximum absolute atomic E-state index is 12.9. The van der Waals surface area contributed by atoms with Gasteiger partial charge >= 0.3 is 0 Å². The fourth-order valence-electron chi connectivity index (χ4n) is 3.01. The minimum absolute atomic E-state index is 0.00549. The van der Waals surface area contributed by atoms with Gasteiger partial charge in [-0.25, -0.2) is 8.42 Å². The Morgan fingerprint density at radius 3 is 2.11 bits per heavy atom. The van der Waals surface area contributed by atoms with Crippen molar-refractivity contribution in [3.63, 3.8) is 0 Å². The maximum atomic E-state index is 12.9. The second-order valence-corrected chi connectivity index (χ2v) is 10.8. The number of carbonyl (C=O) groups is 1. The topological polar surface area (TPSA) is 54.5 Å². The molecule has 28 heavy (non-hydrogen) atoms. The first kappa shape index (κ1) is 22.4. The number of hydrogen-bond donors (Lipinski definition) is 0. The normalized spacial score (nSPS) is 12.3. The highest BCUT2D eigenvalue weighted by Crippen LogP contribution is 2.29. The smallest absolute Gasteiger partial charge is 0.232 e. The number of sulfone groups is 1. The molecule has 0 unspecified atom stereocenters. The van der Waals surface area contributed by atoms with Gasteiger partial charge in [-0.05, 0) is 62.2 Å². The minimum Gasteiger partial charge on any atom is -0.309 e. The quantitative estimate of drug-likeness (QED) is 0.648. The monoisotopic (exact) mass is 421 g/mol. The van der Waals surface area contributed by atoms with Gasteiger partial charge in [0.2, 0.25) is 5.91 Å². The van der Waals surface area contributed by atoms with Crippen LogP contribution < -0.4 is 4.90 Å². The third-order valence-electron chi connectivity index (χ3n) is 4.43. The number of anilines is 1. The largest absolute Gasteiger partial charge is 0.309 e. The molecular formula is C22H28ClNO3S. The van der Waals surface area contributed by atoms with Gasteiger partial charge in [-0.1, -0.05) is 44.5 Å². The fourth-order valence-corrected chi connectivity index (χ4v) is 4.47. The first-order chi connectivity index (χ1) is 12.8. The summed E-state index contributed by atoms with van der Waals surface area (Å²) in [5, 5.41) is 0.497. The van der Waals surface area contributed by atoms with Gasteiger partial charge < -0.3 is 4.90 Å². The van der Waals surface area contributed by atoms with Crippen LogP contribution in [0.5, 0.6) is 0 Å². The molecule has 0 N–H and O–H groups in total. The van der Waals surface area contributed by atoms with Crippen molar-refractivity contribution < 1.29 is 13.2 Å². The highest BCUT2D eigenvalue weighted by Gasteiger charge is 2.30. The SMILES string of the molecule is Cc1cc(CS(=O)(=O)c2ccc(Cl)cc2)ccc1N(C(=O)C(C)(C)C)C(C)C. The Kier molecular flexibility index (Phi) is 6.62. The standard InChI is InChI=1S/C22H28ClNO3S/c1-15(2)24(21(25)22(4,5)6)20-12-7-17(13-16(20)3)14-28(26,27)19-10-8-18(23)9-11-19/h7-13,15H,14H2,1-6H3. The Morgan fingerprint density at radius 2 is 1.64 bits per heavy atom. The van der Waals surface area contributed by atoms with E-state index in [1.165, 1.54) is 12.1 Å². The molecule has 0 saturated heterocycles. The summed E-state index contributed by atoms with van der Waals surface area (Å²) in [4.78, 5) is 14.9. The molecule has 0 aliphatic rings. The van der Waals surface area contributed by atoms with E-state index in [0.29, 0.717) is 10.6 Å². The fraction of sp³-hybridized carbons (Fsp3) is 0.409. The molecule has 0 atom stereocenters.